The van der Waals surface area contributed by atoms with E-state index in [2.05, 4.69) is 86.3 Å². The van der Waals surface area contributed by atoms with Crippen LogP contribution in [-0.4, -0.2) is 11.1 Å². The molecule has 4 aromatic carbocycles. The van der Waals surface area contributed by atoms with Crippen LogP contribution < -0.4 is 4.90 Å². The first kappa shape index (κ1) is 23.1. The Hall–Kier alpha value is -4.11. The van der Waals surface area contributed by atoms with Crippen LogP contribution in [0.4, 0.5) is 17.1 Å². The van der Waals surface area contributed by atoms with Crippen molar-refractivity contribution in [2.45, 2.75) is 26.2 Å². The van der Waals surface area contributed by atoms with E-state index in [4.69, 9.17) is 5.11 Å². The number of nitrogens with zero attached hydrogens (tertiary/aromatic N) is 1. The minimum Gasteiger partial charge on any atom is -0.478 e. The van der Waals surface area contributed by atoms with Crippen LogP contribution in [0.2, 0.25) is 0 Å². The average Bonchev–Trinajstić information content (AvgIpc) is 2.84. The van der Waals surface area contributed by atoms with Gasteiger partial charge in [0, 0.05) is 23.1 Å². The summed E-state index contributed by atoms with van der Waals surface area (Å²) in [6.45, 7) is 6.68. The Bertz CT molecular complexity index is 1260. The summed E-state index contributed by atoms with van der Waals surface area (Å²) in [7, 11) is 0. The molecule has 0 atom stereocenters. The van der Waals surface area contributed by atoms with Gasteiger partial charge >= 0.3 is 5.97 Å². The summed E-state index contributed by atoms with van der Waals surface area (Å²) in [5.74, 6) is -0.955. The van der Waals surface area contributed by atoms with Gasteiger partial charge in [-0.05, 0) is 70.1 Å². The van der Waals surface area contributed by atoms with Gasteiger partial charge in [-0.3, -0.25) is 0 Å². The Labute approximate surface area is 201 Å². The van der Waals surface area contributed by atoms with E-state index < -0.39 is 5.97 Å². The fourth-order valence-corrected chi connectivity index (χ4v) is 3.89. The fraction of sp³-hybridized carbons (Fsp3) is 0.129. The third-order valence-corrected chi connectivity index (χ3v) is 5.79. The molecule has 0 saturated heterocycles. The molecule has 0 heterocycles. The zero-order chi connectivity index (χ0) is 24.1. The number of benzene rings is 4. The Balaban J connectivity index is 1.66. The van der Waals surface area contributed by atoms with Gasteiger partial charge in [-0.25, -0.2) is 4.79 Å². The maximum atomic E-state index is 10.8. The van der Waals surface area contributed by atoms with Crippen molar-refractivity contribution in [1.82, 2.24) is 0 Å². The summed E-state index contributed by atoms with van der Waals surface area (Å²) >= 11 is 0. The number of hydrogen-bond donors (Lipinski definition) is 1. The Kier molecular flexibility index (Phi) is 6.65. The van der Waals surface area contributed by atoms with E-state index in [1.807, 2.05) is 42.5 Å². The predicted octanol–water partition coefficient (Wildman–Crippen LogP) is 8.22. The number of anilines is 3. The van der Waals surface area contributed by atoms with Gasteiger partial charge in [0.1, 0.15) is 0 Å². The first-order chi connectivity index (χ1) is 16.3. The van der Waals surface area contributed by atoms with Gasteiger partial charge in [-0.1, -0.05) is 87.5 Å². The number of carboxylic acid groups (broad SMARTS) is 1. The van der Waals surface area contributed by atoms with E-state index in [-0.39, 0.29) is 5.41 Å². The molecule has 0 spiro atoms. The molecule has 0 bridgehead atoms. The molecule has 0 saturated carbocycles. The summed E-state index contributed by atoms with van der Waals surface area (Å²) in [4.78, 5) is 13.0. The van der Waals surface area contributed by atoms with Gasteiger partial charge in [0.25, 0.3) is 0 Å². The molecule has 1 N–H and O–H groups in total. The van der Waals surface area contributed by atoms with Crippen LogP contribution in [0.25, 0.3) is 17.2 Å². The fourth-order valence-electron chi connectivity index (χ4n) is 3.89. The number of para-hydroxylation sites is 1. The second kappa shape index (κ2) is 9.80. The summed E-state index contributed by atoms with van der Waals surface area (Å²) in [5, 5.41) is 8.87. The molecule has 0 unspecified atom stereocenters. The highest BCUT2D eigenvalue weighted by molar-refractivity contribution is 5.85. The SMILES string of the molecule is CC(C)(C)c1ccc(-c2ccc(N(c3ccccc3)c3ccc(C=CC(=O)O)cc3)cc2)cc1. The minimum atomic E-state index is -0.955. The van der Waals surface area contributed by atoms with Crippen molar-refractivity contribution in [2.75, 3.05) is 4.90 Å². The van der Waals surface area contributed by atoms with Gasteiger partial charge in [-0.15, -0.1) is 0 Å². The molecular formula is C31H29NO2. The number of carboxylic acids is 1. The second-order valence-corrected chi connectivity index (χ2v) is 9.31. The normalized spacial score (nSPS) is 11.5. The zero-order valence-electron chi connectivity index (χ0n) is 19.8. The van der Waals surface area contributed by atoms with Crippen LogP contribution in [-0.2, 0) is 10.2 Å². The molecule has 3 heteroatoms. The summed E-state index contributed by atoms with van der Waals surface area (Å²) in [6.07, 6.45) is 2.75. The minimum absolute atomic E-state index is 0.136. The van der Waals surface area contributed by atoms with Crippen molar-refractivity contribution in [3.8, 4) is 11.1 Å². The van der Waals surface area contributed by atoms with E-state index in [0.717, 1.165) is 28.7 Å². The van der Waals surface area contributed by atoms with Gasteiger partial charge < -0.3 is 10.0 Å². The monoisotopic (exact) mass is 447 g/mol. The third kappa shape index (κ3) is 5.44. The molecule has 0 radical (unpaired) electrons. The standard InChI is InChI=1S/C31H29NO2/c1-31(2,3)26-16-12-24(13-17-26)25-14-20-29(21-15-25)32(27-7-5-4-6-8-27)28-18-9-23(10-19-28)11-22-30(33)34/h4-22H,1-3H3,(H,33,34). The van der Waals surface area contributed by atoms with Gasteiger partial charge in [-0.2, -0.15) is 0 Å². The summed E-state index contributed by atoms with van der Waals surface area (Å²) in [5.41, 5.74) is 7.77. The van der Waals surface area contributed by atoms with Crippen LogP contribution in [0.3, 0.4) is 0 Å². The largest absolute Gasteiger partial charge is 0.478 e. The Morgan fingerprint density at radius 1 is 0.676 bits per heavy atom. The zero-order valence-corrected chi connectivity index (χ0v) is 19.8. The van der Waals surface area contributed by atoms with E-state index in [9.17, 15) is 4.79 Å². The van der Waals surface area contributed by atoms with Crippen LogP contribution >= 0.6 is 0 Å². The van der Waals surface area contributed by atoms with E-state index in [1.54, 1.807) is 6.08 Å². The molecule has 3 nitrogen and oxygen atoms in total. The molecule has 4 aromatic rings. The molecule has 0 amide bonds. The molecule has 0 aliphatic heterocycles. The quantitative estimate of drug-likeness (QED) is 0.303. The average molecular weight is 448 g/mol. The highest BCUT2D eigenvalue weighted by Gasteiger charge is 2.14. The number of aliphatic carboxylic acids is 1. The van der Waals surface area contributed by atoms with Crippen LogP contribution in [0.1, 0.15) is 31.9 Å². The highest BCUT2D eigenvalue weighted by atomic mass is 16.4. The predicted molar refractivity (Wildman–Crippen MR) is 142 cm³/mol. The number of carbonyl (C=O) groups is 1. The number of hydrogen-bond acceptors (Lipinski definition) is 2. The summed E-state index contributed by atoms with van der Waals surface area (Å²) < 4.78 is 0. The van der Waals surface area contributed by atoms with Crippen molar-refractivity contribution < 1.29 is 9.90 Å². The lowest BCUT2D eigenvalue weighted by atomic mass is 9.86. The van der Waals surface area contributed by atoms with Crippen molar-refractivity contribution in [3.63, 3.8) is 0 Å². The first-order valence-corrected chi connectivity index (χ1v) is 11.4. The van der Waals surface area contributed by atoms with E-state index in [0.29, 0.717) is 0 Å². The van der Waals surface area contributed by atoms with E-state index >= 15 is 0 Å². The summed E-state index contributed by atoms with van der Waals surface area (Å²) in [6, 6.07) is 35.5. The van der Waals surface area contributed by atoms with Crippen LogP contribution in [0.5, 0.6) is 0 Å². The van der Waals surface area contributed by atoms with Gasteiger partial charge in [0.05, 0.1) is 0 Å². The van der Waals surface area contributed by atoms with Crippen LogP contribution in [0.15, 0.2) is 109 Å². The molecule has 0 aliphatic rings. The van der Waals surface area contributed by atoms with Crippen LogP contribution in [0, 0.1) is 0 Å². The molecule has 34 heavy (non-hydrogen) atoms. The highest BCUT2D eigenvalue weighted by Crippen LogP contribution is 2.36. The molecule has 4 rings (SSSR count). The molecule has 0 aromatic heterocycles. The molecule has 0 aliphatic carbocycles. The topological polar surface area (TPSA) is 40.5 Å². The van der Waals surface area contributed by atoms with Crippen molar-refractivity contribution in [3.05, 3.63) is 120 Å². The third-order valence-electron chi connectivity index (χ3n) is 5.79. The first-order valence-electron chi connectivity index (χ1n) is 11.4. The maximum Gasteiger partial charge on any atom is 0.328 e. The lowest BCUT2D eigenvalue weighted by molar-refractivity contribution is -0.131. The van der Waals surface area contributed by atoms with Gasteiger partial charge in [0.2, 0.25) is 0 Å². The van der Waals surface area contributed by atoms with Crippen molar-refractivity contribution >= 4 is 29.1 Å². The number of rotatable bonds is 6. The molecular weight excluding hydrogens is 418 g/mol. The van der Waals surface area contributed by atoms with E-state index in [1.165, 1.54) is 16.7 Å². The smallest absolute Gasteiger partial charge is 0.328 e. The van der Waals surface area contributed by atoms with Crippen molar-refractivity contribution in [2.24, 2.45) is 0 Å². The Morgan fingerprint density at radius 2 is 1.15 bits per heavy atom. The maximum absolute atomic E-state index is 10.8. The molecule has 170 valence electrons. The van der Waals surface area contributed by atoms with Crippen molar-refractivity contribution in [1.29, 1.82) is 0 Å². The lowest BCUT2D eigenvalue weighted by Gasteiger charge is -2.25. The lowest BCUT2D eigenvalue weighted by Crippen LogP contribution is -2.10. The second-order valence-electron chi connectivity index (χ2n) is 9.31. The molecule has 0 fully saturated rings. The Morgan fingerprint density at radius 3 is 1.65 bits per heavy atom. The van der Waals surface area contributed by atoms with Gasteiger partial charge in [0.15, 0.2) is 0 Å².